The van der Waals surface area contributed by atoms with Crippen LogP contribution in [0.4, 0.5) is 0 Å². The lowest BCUT2D eigenvalue weighted by Crippen LogP contribution is -2.23. The van der Waals surface area contributed by atoms with Gasteiger partial charge in [0.25, 0.3) is 0 Å². The topological polar surface area (TPSA) is 18.5 Å². The van der Waals surface area contributed by atoms with Crippen molar-refractivity contribution >= 4 is 22.6 Å². The first-order chi connectivity index (χ1) is 5.49. The molecule has 2 rings (SSSR count). The molecule has 0 aromatic rings. The molecule has 0 radical (unpaired) electrons. The molecular weight excluding hydrogens is 267 g/mol. The molecule has 0 N–H and O–H groups in total. The second-order valence-electron chi connectivity index (χ2n) is 4.31. The van der Waals surface area contributed by atoms with E-state index in [9.17, 15) is 0 Å². The monoisotopic (exact) mass is 282 g/mol. The van der Waals surface area contributed by atoms with Crippen molar-refractivity contribution in [2.24, 2.45) is 0 Å². The molecule has 70 valence electrons. The highest BCUT2D eigenvalue weighted by Crippen LogP contribution is 2.50. The predicted molar refractivity (Wildman–Crippen MR) is 55.5 cm³/mol. The average Bonchev–Trinajstić information content (AvgIpc) is 2.53. The summed E-state index contributed by atoms with van der Waals surface area (Å²) in [5.41, 5.74) is 0. The van der Waals surface area contributed by atoms with Crippen molar-refractivity contribution in [3.63, 3.8) is 0 Å². The van der Waals surface area contributed by atoms with Gasteiger partial charge in [0.15, 0.2) is 5.79 Å². The van der Waals surface area contributed by atoms with Crippen LogP contribution in [0.3, 0.4) is 0 Å². The van der Waals surface area contributed by atoms with Gasteiger partial charge in [0.05, 0.1) is 12.7 Å². The first-order valence-electron chi connectivity index (χ1n) is 4.50. The normalized spacial score (nSPS) is 36.8. The van der Waals surface area contributed by atoms with Gasteiger partial charge in [-0.1, -0.05) is 22.6 Å². The summed E-state index contributed by atoms with van der Waals surface area (Å²) >= 11 is 2.55. The zero-order chi connectivity index (χ0) is 8.82. The Bertz CT molecular complexity index is 187. The zero-order valence-corrected chi connectivity index (χ0v) is 9.76. The van der Waals surface area contributed by atoms with Gasteiger partial charge in [-0.3, -0.25) is 0 Å². The number of alkyl halides is 1. The standard InChI is InChI=1S/C9H15IO2/c1-8(2)11-6-7(12-8)5-9(10)3-4-9/h7H,3-6H2,1-2H3/t7-/m0/s1. The maximum Gasteiger partial charge on any atom is 0.163 e. The highest BCUT2D eigenvalue weighted by molar-refractivity contribution is 14.1. The molecular formula is C9H15IO2. The highest BCUT2D eigenvalue weighted by atomic mass is 127. The third-order valence-electron chi connectivity index (χ3n) is 2.45. The van der Waals surface area contributed by atoms with Crippen LogP contribution in [0.5, 0.6) is 0 Å². The molecule has 2 nitrogen and oxygen atoms in total. The molecule has 1 heterocycles. The smallest absolute Gasteiger partial charge is 0.163 e. The average molecular weight is 282 g/mol. The van der Waals surface area contributed by atoms with E-state index in [1.807, 2.05) is 13.8 Å². The van der Waals surface area contributed by atoms with E-state index in [1.54, 1.807) is 0 Å². The molecule has 0 amide bonds. The van der Waals surface area contributed by atoms with Crippen LogP contribution in [0.15, 0.2) is 0 Å². The number of hydrogen-bond acceptors (Lipinski definition) is 2. The summed E-state index contributed by atoms with van der Waals surface area (Å²) in [6, 6.07) is 0. The van der Waals surface area contributed by atoms with Crippen LogP contribution in [0.25, 0.3) is 0 Å². The Kier molecular flexibility index (Phi) is 2.16. The van der Waals surface area contributed by atoms with Crippen LogP contribution >= 0.6 is 22.6 Å². The number of ether oxygens (including phenoxy) is 2. The molecule has 1 aliphatic heterocycles. The Morgan fingerprint density at radius 2 is 2.08 bits per heavy atom. The van der Waals surface area contributed by atoms with Crippen molar-refractivity contribution in [3.05, 3.63) is 0 Å². The van der Waals surface area contributed by atoms with Gasteiger partial charge >= 0.3 is 0 Å². The van der Waals surface area contributed by atoms with Crippen LogP contribution in [0.1, 0.15) is 33.1 Å². The maximum atomic E-state index is 5.74. The lowest BCUT2D eigenvalue weighted by Gasteiger charge is -2.18. The van der Waals surface area contributed by atoms with Gasteiger partial charge in [0.1, 0.15) is 0 Å². The zero-order valence-electron chi connectivity index (χ0n) is 7.60. The molecule has 12 heavy (non-hydrogen) atoms. The number of rotatable bonds is 2. The van der Waals surface area contributed by atoms with Crippen LogP contribution < -0.4 is 0 Å². The number of halogens is 1. The van der Waals surface area contributed by atoms with E-state index in [1.165, 1.54) is 12.8 Å². The summed E-state index contributed by atoms with van der Waals surface area (Å²) in [7, 11) is 0. The molecule has 0 aromatic carbocycles. The fraction of sp³-hybridized carbons (Fsp3) is 1.00. The summed E-state index contributed by atoms with van der Waals surface area (Å²) in [5.74, 6) is -0.341. The van der Waals surface area contributed by atoms with E-state index in [0.717, 1.165) is 13.0 Å². The van der Waals surface area contributed by atoms with Crippen molar-refractivity contribution in [3.8, 4) is 0 Å². The van der Waals surface area contributed by atoms with Crippen molar-refractivity contribution in [2.45, 2.75) is 48.4 Å². The molecule has 0 aromatic heterocycles. The fourth-order valence-electron chi connectivity index (χ4n) is 1.61. The van der Waals surface area contributed by atoms with E-state index in [2.05, 4.69) is 22.6 Å². The predicted octanol–water partition coefficient (Wildman–Crippen LogP) is 2.50. The molecule has 1 atom stereocenters. The van der Waals surface area contributed by atoms with Gasteiger partial charge in [0.2, 0.25) is 0 Å². The summed E-state index contributed by atoms with van der Waals surface area (Å²) in [4.78, 5) is 0. The second-order valence-corrected chi connectivity index (χ2v) is 6.59. The minimum atomic E-state index is -0.341. The largest absolute Gasteiger partial charge is 0.348 e. The molecule has 0 bridgehead atoms. The lowest BCUT2D eigenvalue weighted by molar-refractivity contribution is -0.138. The minimum absolute atomic E-state index is 0.333. The summed E-state index contributed by atoms with van der Waals surface area (Å²) in [5, 5.41) is 0. The van der Waals surface area contributed by atoms with Gasteiger partial charge in [0, 0.05) is 3.42 Å². The second kappa shape index (κ2) is 2.82. The van der Waals surface area contributed by atoms with Crippen LogP contribution in [-0.4, -0.2) is 21.9 Å². The lowest BCUT2D eigenvalue weighted by atomic mass is 10.2. The molecule has 0 spiro atoms. The van der Waals surface area contributed by atoms with Crippen LogP contribution in [0, 0.1) is 0 Å². The molecule has 1 saturated carbocycles. The first-order valence-corrected chi connectivity index (χ1v) is 5.58. The number of hydrogen-bond donors (Lipinski definition) is 0. The Hall–Kier alpha value is 0.650. The Labute approximate surface area is 87.1 Å². The quantitative estimate of drug-likeness (QED) is 0.572. The van der Waals surface area contributed by atoms with Gasteiger partial charge < -0.3 is 9.47 Å². The Balaban J connectivity index is 1.84. The Morgan fingerprint density at radius 1 is 1.42 bits per heavy atom. The van der Waals surface area contributed by atoms with Crippen LogP contribution in [-0.2, 0) is 9.47 Å². The first kappa shape index (κ1) is 9.21. The third-order valence-corrected chi connectivity index (χ3v) is 3.97. The molecule has 2 fully saturated rings. The molecule has 3 heteroatoms. The van der Waals surface area contributed by atoms with E-state index < -0.39 is 0 Å². The van der Waals surface area contributed by atoms with Gasteiger partial charge in [-0.05, 0) is 33.1 Å². The van der Waals surface area contributed by atoms with Crippen molar-refractivity contribution in [1.82, 2.24) is 0 Å². The molecule has 0 unspecified atom stereocenters. The summed E-state index contributed by atoms with van der Waals surface area (Å²) in [6.45, 7) is 4.75. The van der Waals surface area contributed by atoms with E-state index in [0.29, 0.717) is 9.53 Å². The molecule has 1 saturated heterocycles. The minimum Gasteiger partial charge on any atom is -0.348 e. The van der Waals surface area contributed by atoms with Gasteiger partial charge in [-0.25, -0.2) is 0 Å². The fourth-order valence-corrected chi connectivity index (χ4v) is 2.37. The van der Waals surface area contributed by atoms with Gasteiger partial charge in [-0.15, -0.1) is 0 Å². The highest BCUT2D eigenvalue weighted by Gasteiger charge is 2.45. The van der Waals surface area contributed by atoms with Crippen molar-refractivity contribution in [2.75, 3.05) is 6.61 Å². The molecule has 2 aliphatic rings. The third kappa shape index (κ3) is 2.12. The summed E-state index contributed by atoms with van der Waals surface area (Å²) < 4.78 is 11.8. The molecule has 1 aliphatic carbocycles. The van der Waals surface area contributed by atoms with Crippen molar-refractivity contribution < 1.29 is 9.47 Å². The van der Waals surface area contributed by atoms with E-state index >= 15 is 0 Å². The van der Waals surface area contributed by atoms with E-state index in [-0.39, 0.29) is 5.79 Å². The van der Waals surface area contributed by atoms with Crippen molar-refractivity contribution in [1.29, 1.82) is 0 Å². The maximum absolute atomic E-state index is 5.74. The Morgan fingerprint density at radius 3 is 2.50 bits per heavy atom. The van der Waals surface area contributed by atoms with Gasteiger partial charge in [-0.2, -0.15) is 0 Å². The summed E-state index contributed by atoms with van der Waals surface area (Å²) in [6.07, 6.45) is 4.21. The van der Waals surface area contributed by atoms with Crippen LogP contribution in [0.2, 0.25) is 0 Å². The SMILES string of the molecule is CC1(C)OC[C@H](CC2(I)CC2)O1. The van der Waals surface area contributed by atoms with E-state index in [4.69, 9.17) is 9.47 Å².